The molecule has 0 saturated carbocycles. The van der Waals surface area contributed by atoms with E-state index in [0.717, 1.165) is 0 Å². The van der Waals surface area contributed by atoms with E-state index in [2.05, 4.69) is 0 Å². The number of carboxylic acid groups (broad SMARTS) is 1. The first-order chi connectivity index (χ1) is 4.54. The third-order valence-corrected chi connectivity index (χ3v) is 0.267. The second-order valence-corrected chi connectivity index (χ2v) is 1.18. The molecule has 10 heavy (non-hydrogen) atoms. The van der Waals surface area contributed by atoms with E-state index >= 15 is 0 Å². The Morgan fingerprint density at radius 3 is 1.40 bits per heavy atom. The molecule has 0 bridgehead atoms. The van der Waals surface area contributed by atoms with Crippen molar-refractivity contribution < 1.29 is 24.3 Å². The van der Waals surface area contributed by atoms with Crippen LogP contribution in [0.3, 0.4) is 0 Å². The van der Waals surface area contributed by atoms with Crippen LogP contribution in [-0.4, -0.2) is 29.4 Å². The van der Waals surface area contributed by atoms with Crippen molar-refractivity contribution in [3.05, 3.63) is 0 Å². The quantitative estimate of drug-likeness (QED) is 0.400. The summed E-state index contributed by atoms with van der Waals surface area (Å²) in [6.07, 6.45) is 0.111. The van der Waals surface area contributed by atoms with Crippen LogP contribution in [0, 0.1) is 0 Å². The fourth-order valence-electron chi connectivity index (χ4n) is 0. The SMILES string of the molecule is CC(=O)C=O.O=CC(=O)O. The number of aliphatic carboxylic acids is 1. The van der Waals surface area contributed by atoms with Crippen LogP contribution in [0.4, 0.5) is 0 Å². The summed E-state index contributed by atoms with van der Waals surface area (Å²) in [6, 6.07) is 0. The molecule has 56 valence electrons. The van der Waals surface area contributed by atoms with Gasteiger partial charge < -0.3 is 5.11 Å². The molecule has 0 atom stereocenters. The number of Topliss-reactive ketones (excluding diaryl/α,β-unsaturated/α-hetero) is 1. The number of hydrogen-bond acceptors (Lipinski definition) is 4. The Hall–Kier alpha value is -1.52. The Balaban J connectivity index is 0. The predicted octanol–water partition coefficient (Wildman–Crippen LogP) is -0.956. The smallest absolute Gasteiger partial charge is 0.368 e. The molecule has 0 aromatic carbocycles. The zero-order valence-electron chi connectivity index (χ0n) is 5.23. The van der Waals surface area contributed by atoms with Gasteiger partial charge in [-0.05, 0) is 0 Å². The van der Waals surface area contributed by atoms with Gasteiger partial charge in [0, 0.05) is 6.92 Å². The number of carbonyl (C=O) groups is 4. The van der Waals surface area contributed by atoms with Gasteiger partial charge in [0.1, 0.15) is 0 Å². The van der Waals surface area contributed by atoms with Crippen LogP contribution < -0.4 is 0 Å². The molecule has 0 aromatic rings. The molecule has 0 radical (unpaired) electrons. The molecule has 0 aromatic heterocycles. The van der Waals surface area contributed by atoms with Crippen molar-refractivity contribution in [2.24, 2.45) is 0 Å². The molecule has 0 rings (SSSR count). The molecular weight excluding hydrogens is 140 g/mol. The third kappa shape index (κ3) is 31.6. The lowest BCUT2D eigenvalue weighted by Crippen LogP contribution is -1.91. The Morgan fingerprint density at radius 2 is 1.40 bits per heavy atom. The van der Waals surface area contributed by atoms with E-state index in [0.29, 0.717) is 0 Å². The first-order valence-electron chi connectivity index (χ1n) is 2.18. The van der Waals surface area contributed by atoms with E-state index in [1.165, 1.54) is 6.92 Å². The Labute approximate surface area is 56.6 Å². The van der Waals surface area contributed by atoms with Gasteiger partial charge >= 0.3 is 5.97 Å². The maximum absolute atomic E-state index is 9.44. The van der Waals surface area contributed by atoms with Crippen LogP contribution in [0.2, 0.25) is 0 Å². The lowest BCUT2D eigenvalue weighted by atomic mass is 10.5. The molecule has 0 unspecified atom stereocenters. The Morgan fingerprint density at radius 1 is 1.20 bits per heavy atom. The molecule has 0 aliphatic carbocycles. The summed E-state index contributed by atoms with van der Waals surface area (Å²) < 4.78 is 0. The van der Waals surface area contributed by atoms with Gasteiger partial charge in [0.15, 0.2) is 12.1 Å². The summed E-state index contributed by atoms with van der Waals surface area (Å²) in [4.78, 5) is 36.5. The van der Waals surface area contributed by atoms with Crippen molar-refractivity contribution in [3.8, 4) is 0 Å². The molecular formula is C5H6O5. The molecule has 5 heteroatoms. The fraction of sp³-hybridized carbons (Fsp3) is 0.200. The van der Waals surface area contributed by atoms with E-state index in [1.807, 2.05) is 0 Å². The molecule has 0 spiro atoms. The highest BCUT2D eigenvalue weighted by Crippen LogP contribution is 1.48. The van der Waals surface area contributed by atoms with Crippen molar-refractivity contribution >= 4 is 24.3 Å². The van der Waals surface area contributed by atoms with Crippen molar-refractivity contribution in [3.63, 3.8) is 0 Å². The largest absolute Gasteiger partial charge is 0.476 e. The standard InChI is InChI=1S/C3H4O2.C2H2O3/c1-3(5)2-4;3-1-2(4)5/h2H,1H3;1H,(H,4,5). The first kappa shape index (κ1) is 11.3. The molecule has 0 aliphatic heterocycles. The molecule has 0 aliphatic rings. The van der Waals surface area contributed by atoms with Crippen LogP contribution in [0.1, 0.15) is 6.92 Å². The maximum Gasteiger partial charge on any atom is 0.368 e. The molecule has 0 amide bonds. The predicted molar refractivity (Wildman–Crippen MR) is 30.4 cm³/mol. The highest BCUT2D eigenvalue weighted by atomic mass is 16.4. The number of ketones is 1. The minimum Gasteiger partial charge on any atom is -0.476 e. The number of aldehydes is 2. The van der Waals surface area contributed by atoms with Gasteiger partial charge in [-0.1, -0.05) is 0 Å². The number of rotatable bonds is 2. The van der Waals surface area contributed by atoms with Crippen molar-refractivity contribution in [2.75, 3.05) is 0 Å². The third-order valence-electron chi connectivity index (χ3n) is 0.267. The van der Waals surface area contributed by atoms with E-state index in [9.17, 15) is 4.79 Å². The average molecular weight is 146 g/mol. The van der Waals surface area contributed by atoms with Crippen LogP contribution in [0.25, 0.3) is 0 Å². The summed E-state index contributed by atoms with van der Waals surface area (Å²) >= 11 is 0. The number of hydrogen-bond donors (Lipinski definition) is 1. The van der Waals surface area contributed by atoms with Crippen LogP contribution in [0.15, 0.2) is 0 Å². The van der Waals surface area contributed by atoms with Crippen molar-refractivity contribution in [1.29, 1.82) is 0 Å². The Bertz CT molecular complexity index is 130. The first-order valence-corrected chi connectivity index (χ1v) is 2.18. The highest BCUT2D eigenvalue weighted by molar-refractivity contribution is 6.23. The van der Waals surface area contributed by atoms with E-state index in [-0.39, 0.29) is 12.6 Å². The maximum atomic E-state index is 9.44. The van der Waals surface area contributed by atoms with E-state index in [4.69, 9.17) is 19.5 Å². The number of carboxylic acids is 1. The Kier molecular flexibility index (Phi) is 8.45. The van der Waals surface area contributed by atoms with Crippen molar-refractivity contribution in [1.82, 2.24) is 0 Å². The topological polar surface area (TPSA) is 88.5 Å². The van der Waals surface area contributed by atoms with Crippen LogP contribution in [-0.2, 0) is 19.2 Å². The summed E-state index contributed by atoms with van der Waals surface area (Å²) in [5.74, 6) is -1.85. The molecule has 0 saturated heterocycles. The molecule has 5 nitrogen and oxygen atoms in total. The van der Waals surface area contributed by atoms with Crippen LogP contribution in [0.5, 0.6) is 0 Å². The summed E-state index contributed by atoms with van der Waals surface area (Å²) in [6.45, 7) is 1.22. The second kappa shape index (κ2) is 7.48. The van der Waals surface area contributed by atoms with Gasteiger partial charge in [-0.2, -0.15) is 0 Å². The zero-order chi connectivity index (χ0) is 8.57. The molecule has 0 heterocycles. The molecule has 1 N–H and O–H groups in total. The summed E-state index contributed by atoms with van der Waals surface area (Å²) in [7, 11) is 0. The van der Waals surface area contributed by atoms with Gasteiger partial charge in [-0.15, -0.1) is 0 Å². The molecule has 0 fully saturated rings. The minimum atomic E-state index is -1.43. The lowest BCUT2D eigenvalue weighted by Gasteiger charge is -1.59. The van der Waals surface area contributed by atoms with E-state index in [1.54, 1.807) is 0 Å². The van der Waals surface area contributed by atoms with Crippen LogP contribution >= 0.6 is 0 Å². The average Bonchev–Trinajstić information content (AvgIpc) is 1.89. The van der Waals surface area contributed by atoms with Gasteiger partial charge in [0.25, 0.3) is 0 Å². The number of carbonyl (C=O) groups excluding carboxylic acids is 3. The van der Waals surface area contributed by atoms with Gasteiger partial charge in [0.2, 0.25) is 6.29 Å². The van der Waals surface area contributed by atoms with E-state index < -0.39 is 11.8 Å². The summed E-state index contributed by atoms with van der Waals surface area (Å²) in [5, 5.41) is 7.35. The minimum absolute atomic E-state index is 0.167. The zero-order valence-corrected chi connectivity index (χ0v) is 5.23. The second-order valence-electron chi connectivity index (χ2n) is 1.18. The van der Waals surface area contributed by atoms with Gasteiger partial charge in [0.05, 0.1) is 0 Å². The normalized spacial score (nSPS) is 6.50. The van der Waals surface area contributed by atoms with Gasteiger partial charge in [-0.25, -0.2) is 4.79 Å². The fourth-order valence-corrected chi connectivity index (χ4v) is 0. The lowest BCUT2D eigenvalue weighted by molar-refractivity contribution is -0.143. The van der Waals surface area contributed by atoms with Crippen molar-refractivity contribution in [2.45, 2.75) is 6.92 Å². The van der Waals surface area contributed by atoms with Gasteiger partial charge in [-0.3, -0.25) is 14.4 Å². The highest BCUT2D eigenvalue weighted by Gasteiger charge is 1.80. The monoisotopic (exact) mass is 146 g/mol. The summed E-state index contributed by atoms with van der Waals surface area (Å²) in [5.41, 5.74) is 0.